The van der Waals surface area contributed by atoms with Crippen molar-refractivity contribution in [3.05, 3.63) is 60.3 Å². The predicted molar refractivity (Wildman–Crippen MR) is 87.9 cm³/mol. The van der Waals surface area contributed by atoms with Gasteiger partial charge in [0.15, 0.2) is 9.84 Å². The lowest BCUT2D eigenvalue weighted by atomic mass is 10.1. The lowest BCUT2D eigenvalue weighted by Gasteiger charge is -2.06. The standard InChI is InChI=1S/C17H13N3O2S/c1-23(21,22)17-7-5-14(6-8-17)15-3-2-4-16(9-15)20-12-13(10-18)11-19/h2-9,12,20H,1H3. The summed E-state index contributed by atoms with van der Waals surface area (Å²) in [6, 6.07) is 17.5. The summed E-state index contributed by atoms with van der Waals surface area (Å²) < 4.78 is 22.9. The van der Waals surface area contributed by atoms with Crippen LogP contribution < -0.4 is 5.32 Å². The van der Waals surface area contributed by atoms with Gasteiger partial charge < -0.3 is 5.32 Å². The van der Waals surface area contributed by atoms with Gasteiger partial charge in [0.1, 0.15) is 17.7 Å². The number of nitrogens with zero attached hydrogens (tertiary/aromatic N) is 2. The van der Waals surface area contributed by atoms with E-state index in [-0.39, 0.29) is 10.5 Å². The number of nitriles is 2. The zero-order valence-corrected chi connectivity index (χ0v) is 13.1. The highest BCUT2D eigenvalue weighted by Crippen LogP contribution is 2.24. The van der Waals surface area contributed by atoms with E-state index in [0.717, 1.165) is 16.8 Å². The Hall–Kier alpha value is -3.09. The zero-order chi connectivity index (χ0) is 16.9. The lowest BCUT2D eigenvalue weighted by Crippen LogP contribution is -1.96. The van der Waals surface area contributed by atoms with Gasteiger partial charge in [-0.05, 0) is 35.4 Å². The van der Waals surface area contributed by atoms with Gasteiger partial charge in [-0.15, -0.1) is 0 Å². The molecule has 0 unspecified atom stereocenters. The highest BCUT2D eigenvalue weighted by Gasteiger charge is 2.07. The maximum absolute atomic E-state index is 11.5. The molecule has 2 rings (SSSR count). The van der Waals surface area contributed by atoms with E-state index < -0.39 is 9.84 Å². The summed E-state index contributed by atoms with van der Waals surface area (Å²) >= 11 is 0. The van der Waals surface area contributed by atoms with Crippen LogP contribution in [-0.2, 0) is 9.84 Å². The van der Waals surface area contributed by atoms with Gasteiger partial charge in [0.05, 0.1) is 4.90 Å². The molecule has 2 aromatic rings. The second-order valence-electron chi connectivity index (χ2n) is 4.80. The number of rotatable bonds is 4. The molecule has 0 fully saturated rings. The second kappa shape index (κ2) is 6.78. The molecule has 0 saturated carbocycles. The molecule has 0 heterocycles. The van der Waals surface area contributed by atoms with Gasteiger partial charge >= 0.3 is 0 Å². The predicted octanol–water partition coefficient (Wildman–Crippen LogP) is 3.10. The van der Waals surface area contributed by atoms with Crippen LogP contribution >= 0.6 is 0 Å². The van der Waals surface area contributed by atoms with Crippen LogP contribution in [0.15, 0.2) is 65.2 Å². The first-order chi connectivity index (χ1) is 10.9. The molecule has 5 nitrogen and oxygen atoms in total. The molecule has 0 amide bonds. The Bertz CT molecular complexity index is 915. The Morgan fingerprint density at radius 1 is 1.04 bits per heavy atom. The zero-order valence-electron chi connectivity index (χ0n) is 12.3. The third-order valence-electron chi connectivity index (χ3n) is 3.10. The van der Waals surface area contributed by atoms with E-state index in [1.165, 1.54) is 12.5 Å². The van der Waals surface area contributed by atoms with Gasteiger partial charge in [-0.3, -0.25) is 0 Å². The van der Waals surface area contributed by atoms with Crippen LogP contribution in [0, 0.1) is 22.7 Å². The van der Waals surface area contributed by atoms with Crippen molar-refractivity contribution in [2.24, 2.45) is 0 Å². The van der Waals surface area contributed by atoms with Gasteiger partial charge in [-0.1, -0.05) is 24.3 Å². The number of hydrogen-bond acceptors (Lipinski definition) is 5. The van der Waals surface area contributed by atoms with Gasteiger partial charge in [0.25, 0.3) is 0 Å². The summed E-state index contributed by atoms with van der Waals surface area (Å²) in [5.41, 5.74) is 2.45. The summed E-state index contributed by atoms with van der Waals surface area (Å²) in [5.74, 6) is 0. The van der Waals surface area contributed by atoms with Crippen LogP contribution in [0.1, 0.15) is 0 Å². The molecule has 0 spiro atoms. The molecular weight excluding hydrogens is 310 g/mol. The number of sulfone groups is 1. The quantitative estimate of drug-likeness (QED) is 0.873. The van der Waals surface area contributed by atoms with Crippen molar-refractivity contribution in [3.8, 4) is 23.3 Å². The summed E-state index contributed by atoms with van der Waals surface area (Å²) in [7, 11) is -3.22. The number of anilines is 1. The van der Waals surface area contributed by atoms with Crippen molar-refractivity contribution in [3.63, 3.8) is 0 Å². The van der Waals surface area contributed by atoms with E-state index in [9.17, 15) is 8.42 Å². The monoisotopic (exact) mass is 323 g/mol. The normalized spacial score (nSPS) is 10.2. The van der Waals surface area contributed by atoms with E-state index in [1.54, 1.807) is 42.5 Å². The minimum absolute atomic E-state index is 0.0205. The van der Waals surface area contributed by atoms with Crippen LogP contribution in [-0.4, -0.2) is 14.7 Å². The molecule has 1 N–H and O–H groups in total. The highest BCUT2D eigenvalue weighted by atomic mass is 32.2. The lowest BCUT2D eigenvalue weighted by molar-refractivity contribution is 0.602. The topological polar surface area (TPSA) is 93.8 Å². The maximum atomic E-state index is 11.5. The molecule has 0 aliphatic rings. The van der Waals surface area contributed by atoms with Gasteiger partial charge in [-0.25, -0.2) is 8.42 Å². The molecular formula is C17H13N3O2S. The number of nitrogens with one attached hydrogen (secondary N) is 1. The Morgan fingerprint density at radius 2 is 1.70 bits per heavy atom. The van der Waals surface area contributed by atoms with Crippen molar-refractivity contribution in [2.75, 3.05) is 11.6 Å². The largest absolute Gasteiger partial charge is 0.360 e. The first kappa shape index (κ1) is 16.3. The van der Waals surface area contributed by atoms with Crippen LogP contribution in [0.3, 0.4) is 0 Å². The third-order valence-corrected chi connectivity index (χ3v) is 4.23. The molecule has 114 valence electrons. The first-order valence-electron chi connectivity index (χ1n) is 6.61. The first-order valence-corrected chi connectivity index (χ1v) is 8.50. The molecule has 0 atom stereocenters. The Morgan fingerprint density at radius 3 is 2.26 bits per heavy atom. The second-order valence-corrected chi connectivity index (χ2v) is 6.82. The smallest absolute Gasteiger partial charge is 0.175 e. The highest BCUT2D eigenvalue weighted by molar-refractivity contribution is 7.90. The fraction of sp³-hybridized carbons (Fsp3) is 0.0588. The average molecular weight is 323 g/mol. The Labute approximate surface area is 135 Å². The van der Waals surface area contributed by atoms with Gasteiger partial charge in [0, 0.05) is 18.1 Å². The molecule has 2 aromatic carbocycles. The molecule has 0 aromatic heterocycles. The van der Waals surface area contributed by atoms with E-state index in [2.05, 4.69) is 5.32 Å². The number of hydrogen-bond donors (Lipinski definition) is 1. The van der Waals surface area contributed by atoms with Crippen LogP contribution in [0.2, 0.25) is 0 Å². The minimum atomic E-state index is -3.22. The SMILES string of the molecule is CS(=O)(=O)c1ccc(-c2cccc(NC=C(C#N)C#N)c2)cc1. The Balaban J connectivity index is 2.29. The van der Waals surface area contributed by atoms with E-state index in [4.69, 9.17) is 10.5 Å². The number of allylic oxidation sites excluding steroid dienone is 1. The van der Waals surface area contributed by atoms with Crippen molar-refractivity contribution in [1.29, 1.82) is 10.5 Å². The summed E-state index contributed by atoms with van der Waals surface area (Å²) in [4.78, 5) is 0.270. The average Bonchev–Trinajstić information content (AvgIpc) is 2.55. The van der Waals surface area contributed by atoms with Crippen molar-refractivity contribution in [2.45, 2.75) is 4.90 Å². The molecule has 6 heteroatoms. The van der Waals surface area contributed by atoms with E-state index in [1.807, 2.05) is 18.2 Å². The van der Waals surface area contributed by atoms with Crippen molar-refractivity contribution < 1.29 is 8.42 Å². The molecule has 0 radical (unpaired) electrons. The molecule has 23 heavy (non-hydrogen) atoms. The van der Waals surface area contributed by atoms with Crippen molar-refractivity contribution >= 4 is 15.5 Å². The Kier molecular flexibility index (Phi) is 4.80. The van der Waals surface area contributed by atoms with E-state index >= 15 is 0 Å². The number of benzene rings is 2. The fourth-order valence-electron chi connectivity index (χ4n) is 1.93. The fourth-order valence-corrected chi connectivity index (χ4v) is 2.56. The summed E-state index contributed by atoms with van der Waals surface area (Å²) in [6.45, 7) is 0. The molecule has 0 bridgehead atoms. The molecule has 0 aliphatic heterocycles. The molecule has 0 saturated heterocycles. The van der Waals surface area contributed by atoms with Crippen molar-refractivity contribution in [1.82, 2.24) is 0 Å². The van der Waals surface area contributed by atoms with Crippen LogP contribution in [0.4, 0.5) is 5.69 Å². The minimum Gasteiger partial charge on any atom is -0.360 e. The van der Waals surface area contributed by atoms with Gasteiger partial charge in [0.2, 0.25) is 0 Å². The maximum Gasteiger partial charge on any atom is 0.175 e. The van der Waals surface area contributed by atoms with Gasteiger partial charge in [-0.2, -0.15) is 10.5 Å². The van der Waals surface area contributed by atoms with E-state index in [0.29, 0.717) is 0 Å². The third kappa shape index (κ3) is 4.19. The van der Waals surface area contributed by atoms with Crippen LogP contribution in [0.5, 0.6) is 0 Å². The summed E-state index contributed by atoms with van der Waals surface area (Å²) in [5, 5.41) is 20.3. The van der Waals surface area contributed by atoms with Crippen LogP contribution in [0.25, 0.3) is 11.1 Å². The summed E-state index contributed by atoms with van der Waals surface area (Å²) in [6.07, 6.45) is 2.51. The molecule has 0 aliphatic carbocycles.